The molecule has 1 N–H and O–H groups in total. The Kier molecular flexibility index (Phi) is 6.77. The van der Waals surface area contributed by atoms with E-state index in [1.54, 1.807) is 0 Å². The fourth-order valence-corrected chi connectivity index (χ4v) is 4.57. The van der Waals surface area contributed by atoms with Gasteiger partial charge in [-0.15, -0.1) is 0 Å². The van der Waals surface area contributed by atoms with Crippen molar-refractivity contribution >= 4 is 44.8 Å². The van der Waals surface area contributed by atoms with Crippen LogP contribution in [0.5, 0.6) is 0 Å². The van der Waals surface area contributed by atoms with Gasteiger partial charge in [0.15, 0.2) is 5.82 Å². The second kappa shape index (κ2) is 8.33. The topological polar surface area (TPSA) is 71.4 Å². The van der Waals surface area contributed by atoms with Gasteiger partial charge in [0.05, 0.1) is 10.7 Å². The number of amides is 1. The molecule has 1 aromatic heterocycles. The number of carbonyl (C=O) groups is 1. The third-order valence-corrected chi connectivity index (χ3v) is 7.04. The molecule has 2 rings (SSSR count). The summed E-state index contributed by atoms with van der Waals surface area (Å²) < 4.78 is 92.2. The van der Waals surface area contributed by atoms with Crippen molar-refractivity contribution in [3.8, 4) is 0 Å². The first-order valence-corrected chi connectivity index (χ1v) is 10.1. The molecular formula is C16H14Cl2F5N3O3S. The molecule has 166 valence electrons. The summed E-state index contributed by atoms with van der Waals surface area (Å²) in [5.41, 5.74) is -1.00. The molecule has 1 amide bonds. The largest absolute Gasteiger partial charge is 0.404 e. The van der Waals surface area contributed by atoms with E-state index in [4.69, 9.17) is 23.2 Å². The molecule has 0 aliphatic rings. The monoisotopic (exact) mass is 493 g/mol. The molecule has 0 saturated heterocycles. The lowest BCUT2D eigenvalue weighted by atomic mass is 10.2. The van der Waals surface area contributed by atoms with Gasteiger partial charge in [-0.1, -0.05) is 23.2 Å². The maximum Gasteiger partial charge on any atom is 0.404 e. The molecule has 0 saturated carbocycles. The Balaban J connectivity index is 2.45. The van der Waals surface area contributed by atoms with Crippen LogP contribution in [0, 0.1) is 11.6 Å². The Morgan fingerprint density at radius 3 is 2.30 bits per heavy atom. The van der Waals surface area contributed by atoms with Gasteiger partial charge in [0, 0.05) is 20.3 Å². The first-order valence-electron chi connectivity index (χ1n) is 7.95. The van der Waals surface area contributed by atoms with Gasteiger partial charge in [-0.3, -0.25) is 4.79 Å². The Hall–Kier alpha value is -1.89. The summed E-state index contributed by atoms with van der Waals surface area (Å²) in [7, 11) is -2.82. The normalized spacial score (nSPS) is 13.6. The Morgan fingerprint density at radius 2 is 1.77 bits per heavy atom. The van der Waals surface area contributed by atoms with Gasteiger partial charge in [0.1, 0.15) is 27.5 Å². The van der Waals surface area contributed by atoms with Crippen molar-refractivity contribution in [1.29, 1.82) is 0 Å². The molecular weight excluding hydrogens is 480 g/mol. The minimum absolute atomic E-state index is 0.0648. The van der Waals surface area contributed by atoms with E-state index in [0.29, 0.717) is 14.0 Å². The maximum absolute atomic E-state index is 14.0. The summed E-state index contributed by atoms with van der Waals surface area (Å²) >= 11 is 11.4. The van der Waals surface area contributed by atoms with Crippen LogP contribution in [0.25, 0.3) is 0 Å². The van der Waals surface area contributed by atoms with Gasteiger partial charge in [0.2, 0.25) is 10.0 Å². The number of hydrogen-bond acceptors (Lipinski definition) is 3. The predicted molar refractivity (Wildman–Crippen MR) is 100 cm³/mol. The Bertz CT molecular complexity index is 1100. The zero-order valence-electron chi connectivity index (χ0n) is 15.5. The average Bonchev–Trinajstić information content (AvgIpc) is 2.95. The first-order chi connectivity index (χ1) is 13.6. The third kappa shape index (κ3) is 4.41. The van der Waals surface area contributed by atoms with Crippen molar-refractivity contribution in [2.75, 3.05) is 12.4 Å². The molecule has 14 heteroatoms. The van der Waals surface area contributed by atoms with Crippen LogP contribution in [0.15, 0.2) is 23.2 Å². The molecule has 6 nitrogen and oxygen atoms in total. The van der Waals surface area contributed by atoms with Crippen molar-refractivity contribution in [2.45, 2.75) is 24.0 Å². The van der Waals surface area contributed by atoms with E-state index < -0.39 is 66.1 Å². The molecule has 0 spiro atoms. The number of anilines is 1. The highest BCUT2D eigenvalue weighted by atomic mass is 35.5. The van der Waals surface area contributed by atoms with E-state index in [9.17, 15) is 35.2 Å². The first kappa shape index (κ1) is 24.4. The Morgan fingerprint density at radius 1 is 1.20 bits per heavy atom. The van der Waals surface area contributed by atoms with Crippen LogP contribution < -0.4 is 5.32 Å². The predicted octanol–water partition coefficient (Wildman–Crippen LogP) is 4.43. The maximum atomic E-state index is 14.0. The SMILES string of the molecule is C[C@@H](N(C)S(=O)(=O)c1cn(C)c(C(=O)Nc2ccc(F)c(Cl)c2F)c1Cl)C(F)(F)F. The molecule has 0 unspecified atom stereocenters. The smallest absolute Gasteiger partial charge is 0.344 e. The van der Waals surface area contributed by atoms with Crippen LogP contribution in [0.3, 0.4) is 0 Å². The standard InChI is InChI=1S/C16H14Cl2F5N3O3S/c1-7(16(21,22)23)26(3)30(28,29)10-6-25(2)14(12(10)18)15(27)24-9-5-4-8(19)11(17)13(9)20/h4-7H,1-3H3,(H,24,27)/t7-/m1/s1. The summed E-state index contributed by atoms with van der Waals surface area (Å²) in [6.45, 7) is 0.642. The third-order valence-electron chi connectivity index (χ3n) is 4.26. The van der Waals surface area contributed by atoms with Crippen molar-refractivity contribution in [3.05, 3.63) is 45.7 Å². The molecule has 0 radical (unpaired) electrons. The number of hydrogen-bond donors (Lipinski definition) is 1. The molecule has 0 fully saturated rings. The molecule has 0 aliphatic heterocycles. The minimum Gasteiger partial charge on any atom is -0.344 e. The number of alkyl halides is 3. The van der Waals surface area contributed by atoms with E-state index in [-0.39, 0.29) is 4.31 Å². The Labute approximate surface area is 178 Å². The fraction of sp³-hybridized carbons (Fsp3) is 0.312. The number of aryl methyl sites for hydroxylation is 1. The van der Waals surface area contributed by atoms with Gasteiger partial charge in [-0.2, -0.15) is 17.5 Å². The number of nitrogens with one attached hydrogen (secondary N) is 1. The number of sulfonamides is 1. The van der Waals surface area contributed by atoms with Crippen LogP contribution in [0.4, 0.5) is 27.6 Å². The van der Waals surface area contributed by atoms with Crippen LogP contribution in [-0.4, -0.2) is 42.5 Å². The highest BCUT2D eigenvalue weighted by Crippen LogP contribution is 2.34. The summed E-state index contributed by atoms with van der Waals surface area (Å²) in [5, 5.41) is 0.504. The van der Waals surface area contributed by atoms with Crippen molar-refractivity contribution in [1.82, 2.24) is 8.87 Å². The quantitative estimate of drug-likeness (QED) is 0.494. The summed E-state index contributed by atoms with van der Waals surface area (Å²) in [6, 6.07) is -0.704. The molecule has 1 atom stereocenters. The summed E-state index contributed by atoms with van der Waals surface area (Å²) in [4.78, 5) is 11.7. The van der Waals surface area contributed by atoms with E-state index in [1.807, 2.05) is 0 Å². The van der Waals surface area contributed by atoms with E-state index in [1.165, 1.54) is 7.05 Å². The highest BCUT2D eigenvalue weighted by molar-refractivity contribution is 7.89. The van der Waals surface area contributed by atoms with Crippen molar-refractivity contribution in [2.24, 2.45) is 7.05 Å². The van der Waals surface area contributed by atoms with Crippen LogP contribution in [0.2, 0.25) is 10.0 Å². The van der Waals surface area contributed by atoms with Gasteiger partial charge in [-0.05, 0) is 19.1 Å². The zero-order chi connectivity index (χ0) is 23.2. The molecule has 1 aromatic carbocycles. The second-order valence-corrected chi connectivity index (χ2v) is 8.90. The zero-order valence-corrected chi connectivity index (χ0v) is 17.8. The fourth-order valence-electron chi connectivity index (χ4n) is 2.38. The van der Waals surface area contributed by atoms with Gasteiger partial charge >= 0.3 is 6.18 Å². The number of halogens is 7. The van der Waals surface area contributed by atoms with E-state index in [0.717, 1.165) is 22.9 Å². The lowest BCUT2D eigenvalue weighted by Crippen LogP contribution is -2.44. The minimum atomic E-state index is -4.84. The van der Waals surface area contributed by atoms with Crippen LogP contribution in [-0.2, 0) is 17.1 Å². The average molecular weight is 494 g/mol. The number of benzene rings is 1. The molecule has 30 heavy (non-hydrogen) atoms. The molecule has 0 bridgehead atoms. The van der Waals surface area contributed by atoms with Crippen LogP contribution in [0.1, 0.15) is 17.4 Å². The van der Waals surface area contributed by atoms with E-state index >= 15 is 0 Å². The second-order valence-electron chi connectivity index (χ2n) is 6.18. The van der Waals surface area contributed by atoms with Crippen LogP contribution >= 0.6 is 23.2 Å². The summed E-state index contributed by atoms with van der Waals surface area (Å²) in [6.07, 6.45) is -4.00. The lowest BCUT2D eigenvalue weighted by Gasteiger charge is -2.25. The van der Waals surface area contributed by atoms with Crippen molar-refractivity contribution in [3.63, 3.8) is 0 Å². The molecule has 1 heterocycles. The number of rotatable bonds is 5. The highest BCUT2D eigenvalue weighted by Gasteiger charge is 2.44. The van der Waals surface area contributed by atoms with Gasteiger partial charge < -0.3 is 9.88 Å². The van der Waals surface area contributed by atoms with E-state index in [2.05, 4.69) is 5.32 Å². The van der Waals surface area contributed by atoms with Gasteiger partial charge in [0.25, 0.3) is 5.91 Å². The summed E-state index contributed by atoms with van der Waals surface area (Å²) in [5.74, 6) is -3.45. The number of carbonyl (C=O) groups excluding carboxylic acids is 1. The van der Waals surface area contributed by atoms with Crippen molar-refractivity contribution < 1.29 is 35.2 Å². The van der Waals surface area contributed by atoms with Gasteiger partial charge in [-0.25, -0.2) is 17.2 Å². The number of aromatic nitrogens is 1. The molecule has 2 aromatic rings. The number of nitrogens with zero attached hydrogens (tertiary/aromatic N) is 2. The lowest BCUT2D eigenvalue weighted by molar-refractivity contribution is -0.164. The molecule has 0 aliphatic carbocycles.